The van der Waals surface area contributed by atoms with Gasteiger partial charge in [-0.2, -0.15) is 0 Å². The monoisotopic (exact) mass is 727 g/mol. The van der Waals surface area contributed by atoms with E-state index in [1.165, 1.54) is 57.8 Å². The van der Waals surface area contributed by atoms with Crippen molar-refractivity contribution >= 4 is 25.7 Å². The maximum Gasteiger partial charge on any atom is 0.472 e. The summed E-state index contributed by atoms with van der Waals surface area (Å²) in [5.41, 5.74) is 5.31. The number of rotatable bonds is 34. The normalized spacial score (nSPS) is 14.5. The van der Waals surface area contributed by atoms with Crippen molar-refractivity contribution in [3.8, 4) is 0 Å². The molecule has 288 valence electrons. The van der Waals surface area contributed by atoms with Crippen molar-refractivity contribution in [1.82, 2.24) is 0 Å². The fraction of sp³-hybridized carbons (Fsp3) is 0.711. The summed E-state index contributed by atoms with van der Waals surface area (Å²) < 4.78 is 32.5. The molecule has 0 spiro atoms. The smallest absolute Gasteiger partial charge is 0.472 e. The summed E-state index contributed by atoms with van der Waals surface area (Å²) in [5, 5.41) is 8.85. The van der Waals surface area contributed by atoms with Crippen LogP contribution in [0, 0.1) is 0 Å². The van der Waals surface area contributed by atoms with E-state index in [2.05, 4.69) is 30.5 Å². The Hall–Kier alpha value is -2.56. The van der Waals surface area contributed by atoms with Gasteiger partial charge < -0.3 is 25.2 Å². The summed E-state index contributed by atoms with van der Waals surface area (Å²) in [7, 11) is -4.72. The second-order valence-electron chi connectivity index (χ2n) is 12.4. The van der Waals surface area contributed by atoms with E-state index in [9.17, 15) is 23.8 Å². The number of allylic oxidation sites excluding steroid dienone is 8. The lowest BCUT2D eigenvalue weighted by Gasteiger charge is -2.20. The highest BCUT2D eigenvalue weighted by atomic mass is 31.2. The Morgan fingerprint density at radius 1 is 0.640 bits per heavy atom. The van der Waals surface area contributed by atoms with Crippen LogP contribution in [0.1, 0.15) is 142 Å². The molecule has 0 heterocycles. The number of esters is 2. The van der Waals surface area contributed by atoms with E-state index in [0.717, 1.165) is 44.9 Å². The van der Waals surface area contributed by atoms with Gasteiger partial charge in [0.1, 0.15) is 12.6 Å². The van der Waals surface area contributed by atoms with E-state index in [1.807, 2.05) is 36.5 Å². The van der Waals surface area contributed by atoms with Gasteiger partial charge in [0.25, 0.3) is 0 Å². The first kappa shape index (κ1) is 47.4. The number of aliphatic carboxylic acids is 1. The average Bonchev–Trinajstić information content (AvgIpc) is 3.09. The number of carboxylic acids is 1. The van der Waals surface area contributed by atoms with Gasteiger partial charge in [0.15, 0.2) is 6.10 Å². The summed E-state index contributed by atoms with van der Waals surface area (Å²) in [6.45, 7) is 2.59. The van der Waals surface area contributed by atoms with Crippen molar-refractivity contribution < 1.29 is 47.5 Å². The second-order valence-corrected chi connectivity index (χ2v) is 13.9. The van der Waals surface area contributed by atoms with Gasteiger partial charge in [0, 0.05) is 12.8 Å². The van der Waals surface area contributed by atoms with E-state index in [4.69, 9.17) is 24.8 Å². The first-order valence-corrected chi connectivity index (χ1v) is 20.2. The third kappa shape index (κ3) is 32.6. The average molecular weight is 728 g/mol. The number of unbranched alkanes of at least 4 members (excludes halogenated alkanes) is 15. The van der Waals surface area contributed by atoms with Crippen LogP contribution in [0.25, 0.3) is 0 Å². The van der Waals surface area contributed by atoms with Crippen LogP contribution in [0.2, 0.25) is 0 Å². The Kier molecular flexibility index (Phi) is 31.9. The fourth-order valence-corrected chi connectivity index (χ4v) is 5.50. The Morgan fingerprint density at radius 2 is 1.12 bits per heavy atom. The highest BCUT2D eigenvalue weighted by Gasteiger charge is 2.28. The van der Waals surface area contributed by atoms with E-state index < -0.39 is 51.1 Å². The third-order valence-electron chi connectivity index (χ3n) is 7.69. The topological polar surface area (TPSA) is 172 Å². The largest absolute Gasteiger partial charge is 0.480 e. The lowest BCUT2D eigenvalue weighted by Crippen LogP contribution is -2.34. The van der Waals surface area contributed by atoms with Crippen molar-refractivity contribution in [1.29, 1.82) is 0 Å². The van der Waals surface area contributed by atoms with Gasteiger partial charge in [-0.1, -0.05) is 146 Å². The number of phosphoric acid groups is 1. The zero-order chi connectivity index (χ0) is 37.1. The molecule has 0 rings (SSSR count). The minimum atomic E-state index is -4.72. The second kappa shape index (κ2) is 33.6. The third-order valence-corrected chi connectivity index (χ3v) is 8.64. The number of carbonyl (C=O) groups excluding carboxylic acids is 2. The van der Waals surface area contributed by atoms with Gasteiger partial charge in [0.05, 0.1) is 13.2 Å². The molecule has 50 heavy (non-hydrogen) atoms. The van der Waals surface area contributed by atoms with Gasteiger partial charge in [0.2, 0.25) is 0 Å². The molecule has 0 bridgehead atoms. The highest BCUT2D eigenvalue weighted by Crippen LogP contribution is 2.43. The lowest BCUT2D eigenvalue weighted by atomic mass is 10.0. The van der Waals surface area contributed by atoms with E-state index in [0.29, 0.717) is 12.8 Å². The Morgan fingerprint density at radius 3 is 1.68 bits per heavy atom. The summed E-state index contributed by atoms with van der Waals surface area (Å²) in [5.74, 6) is -2.43. The first-order chi connectivity index (χ1) is 24.1. The molecule has 11 nitrogen and oxygen atoms in total. The maximum atomic E-state index is 12.5. The number of phosphoric ester groups is 1. The van der Waals surface area contributed by atoms with Gasteiger partial charge in [-0.15, -0.1) is 0 Å². The number of ether oxygens (including phenoxy) is 2. The highest BCUT2D eigenvalue weighted by molar-refractivity contribution is 7.47. The van der Waals surface area contributed by atoms with E-state index >= 15 is 0 Å². The first-order valence-electron chi connectivity index (χ1n) is 18.7. The number of nitrogens with two attached hydrogens (primary N) is 1. The van der Waals surface area contributed by atoms with Gasteiger partial charge in [-0.05, 0) is 32.1 Å². The van der Waals surface area contributed by atoms with Crippen LogP contribution in [0.15, 0.2) is 48.6 Å². The number of carbonyl (C=O) groups is 3. The Bertz CT molecular complexity index is 1040. The molecule has 0 fully saturated rings. The SMILES string of the molecule is CC/C=C/C=C/C=C/C=C/CCCCCC(=O)OC(COC(=O)CCCCCCCCCCCCCCC)COP(=O)(O)OC[C@H](N)C(=O)O. The molecule has 12 heteroatoms. The predicted molar refractivity (Wildman–Crippen MR) is 198 cm³/mol. The van der Waals surface area contributed by atoms with Crippen molar-refractivity contribution in [3.63, 3.8) is 0 Å². The van der Waals surface area contributed by atoms with Crippen LogP contribution in [-0.2, 0) is 37.5 Å². The molecule has 0 aromatic heterocycles. The quantitative estimate of drug-likeness (QED) is 0.0250. The molecule has 0 aliphatic heterocycles. The molecule has 3 atom stereocenters. The van der Waals surface area contributed by atoms with Crippen molar-refractivity contribution in [2.75, 3.05) is 19.8 Å². The van der Waals surface area contributed by atoms with Crippen molar-refractivity contribution in [3.05, 3.63) is 48.6 Å². The zero-order valence-corrected chi connectivity index (χ0v) is 31.6. The molecule has 0 aliphatic carbocycles. The summed E-state index contributed by atoms with van der Waals surface area (Å²) in [6.07, 6.45) is 34.7. The number of hydrogen-bond acceptors (Lipinski definition) is 9. The van der Waals surface area contributed by atoms with Crippen molar-refractivity contribution in [2.45, 2.75) is 154 Å². The van der Waals surface area contributed by atoms with Crippen LogP contribution < -0.4 is 5.73 Å². The molecular weight excluding hydrogens is 661 g/mol. The summed E-state index contributed by atoms with van der Waals surface area (Å²) >= 11 is 0. The van der Waals surface area contributed by atoms with E-state index in [1.54, 1.807) is 0 Å². The van der Waals surface area contributed by atoms with Crippen LogP contribution in [0.5, 0.6) is 0 Å². The molecule has 2 unspecified atom stereocenters. The molecular formula is C38H66NO10P. The minimum absolute atomic E-state index is 0.115. The number of carboxylic acid groups (broad SMARTS) is 1. The van der Waals surface area contributed by atoms with Crippen LogP contribution in [0.3, 0.4) is 0 Å². The van der Waals surface area contributed by atoms with Crippen LogP contribution in [0.4, 0.5) is 0 Å². The van der Waals surface area contributed by atoms with Gasteiger partial charge in [-0.25, -0.2) is 4.57 Å². The zero-order valence-electron chi connectivity index (χ0n) is 30.7. The Balaban J connectivity index is 4.52. The Labute approximate surface area is 301 Å². The molecule has 0 radical (unpaired) electrons. The molecule has 0 amide bonds. The van der Waals surface area contributed by atoms with Gasteiger partial charge in [-0.3, -0.25) is 23.4 Å². The molecule has 0 saturated heterocycles. The molecule has 0 saturated carbocycles. The standard InChI is InChI=1S/C38H66NO10P/c1-3-5-7-9-11-13-15-17-19-21-23-25-27-29-36(40)46-31-34(32-47-50(44,45)48-33-35(39)38(42)43)49-37(41)30-28-26-24-22-20-18-16-14-12-10-8-6-4-2/h6,8,10,12,14,16,18,20,34-35H,3-5,7,9,11,13,15,17,19,21-33,39H2,1-2H3,(H,42,43)(H,44,45)/b8-6+,12-10+,16-14+,20-18+/t34?,35-/m0/s1. The van der Waals surface area contributed by atoms with Crippen LogP contribution >= 0.6 is 7.82 Å². The number of hydrogen-bond donors (Lipinski definition) is 3. The molecule has 0 aromatic rings. The maximum absolute atomic E-state index is 12.5. The predicted octanol–water partition coefficient (Wildman–Crippen LogP) is 9.05. The van der Waals surface area contributed by atoms with Gasteiger partial charge >= 0.3 is 25.7 Å². The molecule has 0 aliphatic rings. The van der Waals surface area contributed by atoms with E-state index in [-0.39, 0.29) is 19.4 Å². The van der Waals surface area contributed by atoms with Crippen molar-refractivity contribution in [2.24, 2.45) is 5.73 Å². The minimum Gasteiger partial charge on any atom is -0.480 e. The summed E-state index contributed by atoms with van der Waals surface area (Å²) in [4.78, 5) is 45.7. The van der Waals surface area contributed by atoms with Crippen LogP contribution in [-0.4, -0.2) is 59.9 Å². The molecule has 4 N–H and O–H groups in total. The lowest BCUT2D eigenvalue weighted by molar-refractivity contribution is -0.161. The molecule has 0 aromatic carbocycles. The summed E-state index contributed by atoms with van der Waals surface area (Å²) in [6, 6.07) is -1.53. The fourth-order valence-electron chi connectivity index (χ4n) is 4.72.